The van der Waals surface area contributed by atoms with Gasteiger partial charge in [0.25, 0.3) is 0 Å². The second kappa shape index (κ2) is 6.55. The van der Waals surface area contributed by atoms with Crippen molar-refractivity contribution in [2.45, 2.75) is 45.1 Å². The minimum absolute atomic E-state index is 0.0578. The summed E-state index contributed by atoms with van der Waals surface area (Å²) in [6, 6.07) is 0. The molecule has 0 aromatic rings. The van der Waals surface area contributed by atoms with Crippen LogP contribution in [0.15, 0.2) is 0 Å². The Morgan fingerprint density at radius 1 is 1.50 bits per heavy atom. The van der Waals surface area contributed by atoms with Crippen molar-refractivity contribution in [1.29, 1.82) is 0 Å². The molecule has 0 amide bonds. The lowest BCUT2D eigenvalue weighted by molar-refractivity contribution is -0.149. The molecule has 0 saturated heterocycles. The number of rotatable bonds is 2. The Labute approximate surface area is 97.2 Å². The fraction of sp³-hybridized carbons (Fsp3) is 0.769. The van der Waals surface area contributed by atoms with Gasteiger partial charge in [-0.15, -0.1) is 5.92 Å². The Kier molecular flexibility index (Phi) is 5.34. The summed E-state index contributed by atoms with van der Waals surface area (Å²) >= 11 is 0. The third kappa shape index (κ3) is 3.53. The summed E-state index contributed by atoms with van der Waals surface area (Å²) in [6.07, 6.45) is 3.53. The van der Waals surface area contributed by atoms with Crippen LogP contribution in [0.4, 0.5) is 0 Å². The molecule has 1 aliphatic rings. The van der Waals surface area contributed by atoms with E-state index in [1.807, 2.05) is 0 Å². The van der Waals surface area contributed by atoms with Crippen LogP contribution in [0.3, 0.4) is 0 Å². The van der Waals surface area contributed by atoms with Gasteiger partial charge in [-0.3, -0.25) is 4.79 Å². The van der Waals surface area contributed by atoms with E-state index in [-0.39, 0.29) is 23.9 Å². The zero-order valence-electron chi connectivity index (χ0n) is 10.0. The number of carbonyl (C=O) groups is 1. The van der Waals surface area contributed by atoms with E-state index in [1.165, 1.54) is 7.11 Å². The number of aliphatic hydroxyl groups is 1. The number of esters is 1. The Morgan fingerprint density at radius 2 is 2.25 bits per heavy atom. The van der Waals surface area contributed by atoms with Crippen LogP contribution in [0.1, 0.15) is 39.0 Å². The number of methoxy groups -OCH3 is 1. The van der Waals surface area contributed by atoms with E-state index in [4.69, 9.17) is 4.74 Å². The highest BCUT2D eigenvalue weighted by Crippen LogP contribution is 2.30. The van der Waals surface area contributed by atoms with Gasteiger partial charge in [0.1, 0.15) is 0 Å². The van der Waals surface area contributed by atoms with Gasteiger partial charge in [0.2, 0.25) is 0 Å². The number of ether oxygens (including phenoxy) is 1. The predicted octanol–water partition coefficient (Wildman–Crippen LogP) is 1.74. The van der Waals surface area contributed by atoms with Crippen molar-refractivity contribution in [2.24, 2.45) is 11.8 Å². The molecule has 1 fully saturated rings. The SMILES string of the molecule is CCCC#CC1CCC(O)CC1C(=O)OC. The summed E-state index contributed by atoms with van der Waals surface area (Å²) < 4.78 is 4.76. The molecule has 3 heteroatoms. The van der Waals surface area contributed by atoms with Gasteiger partial charge >= 0.3 is 5.97 Å². The molecule has 16 heavy (non-hydrogen) atoms. The Balaban J connectivity index is 2.65. The summed E-state index contributed by atoms with van der Waals surface area (Å²) in [5.74, 6) is 5.80. The molecular weight excluding hydrogens is 204 g/mol. The van der Waals surface area contributed by atoms with Gasteiger partial charge in [0, 0.05) is 12.3 Å². The zero-order valence-corrected chi connectivity index (χ0v) is 10.0. The van der Waals surface area contributed by atoms with Crippen LogP contribution in [0.2, 0.25) is 0 Å². The Hall–Kier alpha value is -1.01. The first-order valence-electron chi connectivity index (χ1n) is 5.93. The van der Waals surface area contributed by atoms with Gasteiger partial charge in [-0.25, -0.2) is 0 Å². The molecule has 0 aromatic heterocycles. The maximum Gasteiger partial charge on any atom is 0.310 e. The molecule has 3 atom stereocenters. The predicted molar refractivity (Wildman–Crippen MR) is 61.5 cm³/mol. The molecule has 1 rings (SSSR count). The van der Waals surface area contributed by atoms with E-state index < -0.39 is 0 Å². The molecule has 0 aliphatic heterocycles. The highest BCUT2D eigenvalue weighted by molar-refractivity contribution is 5.73. The molecule has 0 heterocycles. The molecule has 0 spiro atoms. The summed E-state index contributed by atoms with van der Waals surface area (Å²) in [4.78, 5) is 11.6. The average Bonchev–Trinajstić information content (AvgIpc) is 2.30. The van der Waals surface area contributed by atoms with Crippen LogP contribution in [0, 0.1) is 23.7 Å². The molecule has 90 valence electrons. The van der Waals surface area contributed by atoms with E-state index in [1.54, 1.807) is 0 Å². The van der Waals surface area contributed by atoms with Crippen molar-refractivity contribution < 1.29 is 14.6 Å². The number of hydrogen-bond acceptors (Lipinski definition) is 3. The van der Waals surface area contributed by atoms with E-state index in [9.17, 15) is 9.90 Å². The zero-order chi connectivity index (χ0) is 12.0. The summed E-state index contributed by atoms with van der Waals surface area (Å²) in [5.41, 5.74) is 0. The van der Waals surface area contributed by atoms with E-state index in [2.05, 4.69) is 18.8 Å². The van der Waals surface area contributed by atoms with Crippen molar-refractivity contribution in [2.75, 3.05) is 7.11 Å². The molecule has 3 nitrogen and oxygen atoms in total. The summed E-state index contributed by atoms with van der Waals surface area (Å²) in [7, 11) is 1.39. The second-order valence-corrected chi connectivity index (χ2v) is 4.27. The molecule has 0 aromatic carbocycles. The Bertz CT molecular complexity index is 287. The van der Waals surface area contributed by atoms with Crippen LogP contribution < -0.4 is 0 Å². The average molecular weight is 224 g/mol. The highest BCUT2D eigenvalue weighted by Gasteiger charge is 2.34. The topological polar surface area (TPSA) is 46.5 Å². The minimum Gasteiger partial charge on any atom is -0.469 e. The lowest BCUT2D eigenvalue weighted by atomic mass is 9.78. The Morgan fingerprint density at radius 3 is 2.88 bits per heavy atom. The van der Waals surface area contributed by atoms with Crippen LogP contribution in [0.25, 0.3) is 0 Å². The molecule has 1 saturated carbocycles. The monoisotopic (exact) mass is 224 g/mol. The molecule has 1 N–H and O–H groups in total. The first kappa shape index (κ1) is 13.1. The van der Waals surface area contributed by atoms with Gasteiger partial charge in [-0.1, -0.05) is 12.8 Å². The molecule has 3 unspecified atom stereocenters. The largest absolute Gasteiger partial charge is 0.469 e. The fourth-order valence-electron chi connectivity index (χ4n) is 2.06. The maximum absolute atomic E-state index is 11.6. The van der Waals surface area contributed by atoms with Gasteiger partial charge < -0.3 is 9.84 Å². The van der Waals surface area contributed by atoms with E-state index >= 15 is 0 Å². The first-order chi connectivity index (χ1) is 7.69. The van der Waals surface area contributed by atoms with Crippen LogP contribution in [-0.4, -0.2) is 24.3 Å². The third-order valence-electron chi connectivity index (χ3n) is 2.99. The second-order valence-electron chi connectivity index (χ2n) is 4.27. The smallest absolute Gasteiger partial charge is 0.310 e. The van der Waals surface area contributed by atoms with Gasteiger partial charge in [-0.2, -0.15) is 0 Å². The molecule has 0 radical (unpaired) electrons. The molecule has 0 bridgehead atoms. The number of carbonyl (C=O) groups excluding carboxylic acids is 1. The van der Waals surface area contributed by atoms with Crippen LogP contribution in [0.5, 0.6) is 0 Å². The standard InChI is InChI=1S/C13H20O3/c1-3-4-5-6-10-7-8-11(14)9-12(10)13(15)16-2/h10-12,14H,3-4,7-9H2,1-2H3. The van der Waals surface area contributed by atoms with Crippen LogP contribution in [-0.2, 0) is 9.53 Å². The quantitative estimate of drug-likeness (QED) is 0.574. The van der Waals surface area contributed by atoms with E-state index in [0.717, 1.165) is 25.7 Å². The van der Waals surface area contributed by atoms with Gasteiger partial charge in [0.15, 0.2) is 0 Å². The van der Waals surface area contributed by atoms with Crippen molar-refractivity contribution in [1.82, 2.24) is 0 Å². The molecular formula is C13H20O3. The van der Waals surface area contributed by atoms with Crippen molar-refractivity contribution >= 4 is 5.97 Å². The fourth-order valence-corrected chi connectivity index (χ4v) is 2.06. The summed E-state index contributed by atoms with van der Waals surface area (Å²) in [6.45, 7) is 2.08. The lowest BCUT2D eigenvalue weighted by Crippen LogP contribution is -2.33. The van der Waals surface area contributed by atoms with Gasteiger partial charge in [0.05, 0.1) is 19.1 Å². The highest BCUT2D eigenvalue weighted by atomic mass is 16.5. The van der Waals surface area contributed by atoms with Crippen molar-refractivity contribution in [3.8, 4) is 11.8 Å². The lowest BCUT2D eigenvalue weighted by Gasteiger charge is -2.29. The normalized spacial score (nSPS) is 29.1. The maximum atomic E-state index is 11.6. The van der Waals surface area contributed by atoms with Crippen molar-refractivity contribution in [3.63, 3.8) is 0 Å². The first-order valence-corrected chi connectivity index (χ1v) is 5.93. The van der Waals surface area contributed by atoms with E-state index in [0.29, 0.717) is 6.42 Å². The summed E-state index contributed by atoms with van der Waals surface area (Å²) in [5, 5.41) is 9.56. The molecule has 1 aliphatic carbocycles. The van der Waals surface area contributed by atoms with Crippen molar-refractivity contribution in [3.05, 3.63) is 0 Å². The third-order valence-corrected chi connectivity index (χ3v) is 2.99. The number of aliphatic hydroxyl groups excluding tert-OH is 1. The van der Waals surface area contributed by atoms with Gasteiger partial charge in [-0.05, 0) is 25.7 Å². The number of unbranched alkanes of at least 4 members (excludes halogenated alkanes) is 1. The number of hydrogen-bond donors (Lipinski definition) is 1. The minimum atomic E-state index is -0.381. The van der Waals surface area contributed by atoms with Crippen LogP contribution >= 0.6 is 0 Å².